The third kappa shape index (κ3) is 6.36. The summed E-state index contributed by atoms with van der Waals surface area (Å²) in [6.07, 6.45) is 0. The number of hydrogen-bond donors (Lipinski definition) is 1. The van der Waals surface area contributed by atoms with Crippen LogP contribution in [0, 0.1) is 17.6 Å². The minimum Gasteiger partial charge on any atom is -0.508 e. The summed E-state index contributed by atoms with van der Waals surface area (Å²) in [5, 5.41) is 9.55. The zero-order valence-electron chi connectivity index (χ0n) is 19.5. The molecule has 0 spiro atoms. The number of rotatable bonds is 6. The summed E-state index contributed by atoms with van der Waals surface area (Å²) in [6.45, 7) is 5.25. The fourth-order valence-corrected chi connectivity index (χ4v) is 4.15. The molecule has 2 aliphatic rings. The van der Waals surface area contributed by atoms with Crippen LogP contribution in [0.2, 0.25) is 0 Å². The van der Waals surface area contributed by atoms with Crippen LogP contribution in [0.5, 0.6) is 17.2 Å². The monoisotopic (exact) mass is 483 g/mol. The van der Waals surface area contributed by atoms with Crippen molar-refractivity contribution in [3.05, 3.63) is 89.5 Å². The highest BCUT2D eigenvalue weighted by Crippen LogP contribution is 2.38. The van der Waals surface area contributed by atoms with Crippen LogP contribution >= 0.6 is 0 Å². The fraction of sp³-hybridized carbons (Fsp3) is 0.286. The van der Waals surface area contributed by atoms with Crippen LogP contribution in [-0.2, 0) is 0 Å². The van der Waals surface area contributed by atoms with Crippen molar-refractivity contribution in [3.8, 4) is 17.2 Å². The number of benzene rings is 3. The van der Waals surface area contributed by atoms with Gasteiger partial charge in [-0.15, -0.1) is 0 Å². The molecule has 0 atom stereocenters. The molecule has 3 aromatic rings. The number of ether oxygens (including phenoxy) is 2. The molecule has 0 bridgehead atoms. The van der Waals surface area contributed by atoms with Crippen molar-refractivity contribution in [1.29, 1.82) is 0 Å². The van der Waals surface area contributed by atoms with Crippen molar-refractivity contribution in [2.45, 2.75) is 6.92 Å². The molecule has 0 aromatic heterocycles. The number of aromatic hydroxyl groups is 1. The van der Waals surface area contributed by atoms with Gasteiger partial charge in [0.15, 0.2) is 0 Å². The van der Waals surface area contributed by atoms with Gasteiger partial charge in [0.2, 0.25) is 0 Å². The van der Waals surface area contributed by atoms with Crippen LogP contribution in [0.15, 0.2) is 66.7 Å². The molecule has 2 heterocycles. The predicted octanol–water partition coefficient (Wildman–Crippen LogP) is 5.96. The first-order valence-corrected chi connectivity index (χ1v) is 11.5. The van der Waals surface area contributed by atoms with Gasteiger partial charge in [-0.2, -0.15) is 0 Å². The van der Waals surface area contributed by atoms with E-state index < -0.39 is 11.6 Å². The van der Waals surface area contributed by atoms with E-state index in [1.807, 2.05) is 37.3 Å². The molecule has 0 saturated carbocycles. The maximum Gasteiger partial charge on any atom is 0.127 e. The molecule has 0 aliphatic carbocycles. The Balaban J connectivity index is 0.000000172. The number of phenolic OH excluding ortho intramolecular Hbond substituents is 1. The van der Waals surface area contributed by atoms with E-state index in [4.69, 9.17) is 9.47 Å². The van der Waals surface area contributed by atoms with Gasteiger partial charge in [0.25, 0.3) is 0 Å². The molecule has 1 N–H and O–H groups in total. The number of allylic oxidation sites excluding steroid dienone is 1. The summed E-state index contributed by atoms with van der Waals surface area (Å²) in [7, 11) is 0. The van der Waals surface area contributed by atoms with Gasteiger partial charge in [-0.3, -0.25) is 9.29 Å². The minimum absolute atomic E-state index is 0.123. The van der Waals surface area contributed by atoms with Crippen molar-refractivity contribution in [2.24, 2.45) is 5.92 Å². The van der Waals surface area contributed by atoms with Gasteiger partial charge in [0, 0.05) is 42.8 Å². The summed E-state index contributed by atoms with van der Waals surface area (Å²) in [5.74, 6) is 0.699. The molecule has 1 saturated heterocycles. The van der Waals surface area contributed by atoms with Crippen molar-refractivity contribution in [2.75, 3.05) is 39.5 Å². The van der Waals surface area contributed by atoms with Crippen molar-refractivity contribution in [1.82, 2.24) is 4.90 Å². The minimum atomic E-state index is -0.623. The largest absolute Gasteiger partial charge is 0.508 e. The first-order chi connectivity index (χ1) is 16.9. The Bertz CT molecular complexity index is 1160. The lowest BCUT2D eigenvalue weighted by molar-refractivity contribution is 0.0668. The van der Waals surface area contributed by atoms with E-state index in [2.05, 4.69) is 4.90 Å². The molecule has 7 heteroatoms. The number of fused-ring (bicyclic) bond motifs is 1. The van der Waals surface area contributed by atoms with E-state index in [0.717, 1.165) is 42.6 Å². The van der Waals surface area contributed by atoms with Crippen LogP contribution in [0.4, 0.5) is 13.2 Å². The van der Waals surface area contributed by atoms with Crippen molar-refractivity contribution >= 4 is 11.1 Å². The summed E-state index contributed by atoms with van der Waals surface area (Å²) < 4.78 is 49.9. The lowest BCUT2D eigenvalue weighted by Crippen LogP contribution is -2.49. The van der Waals surface area contributed by atoms with Gasteiger partial charge in [0.05, 0.1) is 6.67 Å². The highest BCUT2D eigenvalue weighted by molar-refractivity contribution is 5.93. The topological polar surface area (TPSA) is 41.9 Å². The first-order valence-electron chi connectivity index (χ1n) is 11.5. The molecule has 184 valence electrons. The quantitative estimate of drug-likeness (QED) is 0.470. The summed E-state index contributed by atoms with van der Waals surface area (Å²) in [6, 6.07) is 18.0. The maximum atomic E-state index is 13.3. The van der Waals surface area contributed by atoms with E-state index in [-0.39, 0.29) is 24.9 Å². The molecule has 3 aromatic carbocycles. The molecule has 1 fully saturated rings. The summed E-state index contributed by atoms with van der Waals surface area (Å²) in [4.78, 5) is 2.22. The zero-order chi connectivity index (χ0) is 24.8. The molecular weight excluding hydrogens is 455 g/mol. The van der Waals surface area contributed by atoms with Gasteiger partial charge in [-0.1, -0.05) is 18.2 Å². The number of para-hydroxylation sites is 1. The second-order valence-electron chi connectivity index (χ2n) is 8.67. The first kappa shape index (κ1) is 24.7. The Hall–Kier alpha value is -3.45. The third-order valence-corrected chi connectivity index (χ3v) is 6.07. The molecule has 0 radical (unpaired) electrons. The Kier molecular flexibility index (Phi) is 7.98. The highest BCUT2D eigenvalue weighted by atomic mass is 19.1. The molecule has 0 amide bonds. The average molecular weight is 484 g/mol. The van der Waals surface area contributed by atoms with E-state index in [1.165, 1.54) is 12.1 Å². The number of alkyl halides is 1. The number of halogens is 3. The average Bonchev–Trinajstić information content (AvgIpc) is 2.81. The van der Waals surface area contributed by atoms with Gasteiger partial charge in [-0.25, -0.2) is 8.78 Å². The normalized spacial score (nSPS) is 15.4. The standard InChI is InChI=1S/C16H12F2O2.C12H16FNO/c1-9-14-7-13(19)2-3-16(14)20-8-15(9)10-4-11(17)6-12(18)5-10;13-8-11-9-14(10-11)6-7-15-12-4-2-1-3-5-12/h2-7,19H,8H2,1H3;1-5,11H,6-10H2. The number of phenols is 1. The summed E-state index contributed by atoms with van der Waals surface area (Å²) in [5.41, 5.74) is 2.73. The van der Waals surface area contributed by atoms with Crippen LogP contribution in [0.3, 0.4) is 0 Å². The smallest absolute Gasteiger partial charge is 0.127 e. The van der Waals surface area contributed by atoms with Crippen molar-refractivity contribution in [3.63, 3.8) is 0 Å². The van der Waals surface area contributed by atoms with E-state index in [0.29, 0.717) is 23.5 Å². The molecule has 0 unspecified atom stereocenters. The van der Waals surface area contributed by atoms with Crippen LogP contribution < -0.4 is 9.47 Å². The SMILES string of the molecule is CC1=C(c2cc(F)cc(F)c2)COc2ccc(O)cc21.FCC1CN(CCOc2ccccc2)C1. The molecule has 2 aliphatic heterocycles. The van der Waals surface area contributed by atoms with E-state index >= 15 is 0 Å². The lowest BCUT2D eigenvalue weighted by atomic mass is 9.93. The zero-order valence-corrected chi connectivity index (χ0v) is 19.5. The number of likely N-dealkylation sites (tertiary alicyclic amines) is 1. The maximum absolute atomic E-state index is 13.3. The Labute approximate surface area is 203 Å². The molecular formula is C28H28F3NO3. The van der Waals surface area contributed by atoms with Crippen LogP contribution in [0.1, 0.15) is 18.1 Å². The Morgan fingerprint density at radius 1 is 1.00 bits per heavy atom. The van der Waals surface area contributed by atoms with Crippen LogP contribution in [0.25, 0.3) is 11.1 Å². The third-order valence-electron chi connectivity index (χ3n) is 6.07. The molecule has 35 heavy (non-hydrogen) atoms. The second kappa shape index (κ2) is 11.3. The highest BCUT2D eigenvalue weighted by Gasteiger charge is 2.25. The van der Waals surface area contributed by atoms with Gasteiger partial charge >= 0.3 is 0 Å². The van der Waals surface area contributed by atoms with Gasteiger partial charge < -0.3 is 14.6 Å². The van der Waals surface area contributed by atoms with Crippen LogP contribution in [-0.4, -0.2) is 49.5 Å². The molecule has 5 rings (SSSR count). The van der Waals surface area contributed by atoms with Gasteiger partial charge in [-0.05, 0) is 60.5 Å². The number of nitrogens with zero attached hydrogens (tertiary/aromatic N) is 1. The fourth-order valence-electron chi connectivity index (χ4n) is 4.15. The Morgan fingerprint density at radius 2 is 1.71 bits per heavy atom. The summed E-state index contributed by atoms with van der Waals surface area (Å²) >= 11 is 0. The lowest BCUT2D eigenvalue weighted by Gasteiger charge is -2.37. The van der Waals surface area contributed by atoms with Gasteiger partial charge in [0.1, 0.15) is 42.1 Å². The predicted molar refractivity (Wildman–Crippen MR) is 130 cm³/mol. The molecule has 4 nitrogen and oxygen atoms in total. The van der Waals surface area contributed by atoms with Crippen molar-refractivity contribution < 1.29 is 27.8 Å². The number of hydrogen-bond acceptors (Lipinski definition) is 4. The van der Waals surface area contributed by atoms with E-state index in [9.17, 15) is 18.3 Å². The Morgan fingerprint density at radius 3 is 2.40 bits per heavy atom. The van der Waals surface area contributed by atoms with E-state index in [1.54, 1.807) is 18.2 Å². The second-order valence-corrected chi connectivity index (χ2v) is 8.67.